The quantitative estimate of drug-likeness (QED) is 0.445. The molecule has 0 fully saturated rings. The molecule has 0 unspecified atom stereocenters. The summed E-state index contributed by atoms with van der Waals surface area (Å²) >= 11 is 0. The van der Waals surface area contributed by atoms with E-state index >= 15 is 0 Å². The molecule has 1 heterocycles. The summed E-state index contributed by atoms with van der Waals surface area (Å²) < 4.78 is 41.5. The van der Waals surface area contributed by atoms with Crippen LogP contribution in [-0.4, -0.2) is 36.6 Å². The van der Waals surface area contributed by atoms with Crippen molar-refractivity contribution in [1.29, 1.82) is 0 Å². The van der Waals surface area contributed by atoms with Gasteiger partial charge in [0.25, 0.3) is 5.56 Å². The Morgan fingerprint density at radius 1 is 1.20 bits per heavy atom. The summed E-state index contributed by atoms with van der Waals surface area (Å²) in [5.41, 5.74) is 3.61. The number of nitrogens with one attached hydrogen (secondary N) is 1. The third-order valence-electron chi connectivity index (χ3n) is 4.25. The second-order valence-electron chi connectivity index (χ2n) is 6.01. The maximum Gasteiger partial charge on any atom is 0.387 e. The van der Waals surface area contributed by atoms with Crippen molar-refractivity contribution in [2.24, 2.45) is 5.10 Å². The van der Waals surface area contributed by atoms with Crippen molar-refractivity contribution >= 4 is 23.1 Å². The molecule has 0 aliphatic heterocycles. The highest BCUT2D eigenvalue weighted by Gasteiger charge is 2.17. The summed E-state index contributed by atoms with van der Waals surface area (Å²) in [5.74, 6) is 0.181. The van der Waals surface area contributed by atoms with Gasteiger partial charge in [-0.25, -0.2) is 10.4 Å². The molecule has 1 N–H and O–H groups in total. The van der Waals surface area contributed by atoms with Gasteiger partial charge in [-0.2, -0.15) is 13.9 Å². The zero-order valence-corrected chi connectivity index (χ0v) is 16.6. The Balaban J connectivity index is 1.93. The number of ether oxygens (including phenoxy) is 3. The number of benzene rings is 2. The number of hydrogen-bond acceptors (Lipinski definition) is 7. The lowest BCUT2D eigenvalue weighted by Crippen LogP contribution is -2.23. The third-order valence-corrected chi connectivity index (χ3v) is 4.25. The van der Waals surface area contributed by atoms with Crippen LogP contribution in [0.25, 0.3) is 10.9 Å². The van der Waals surface area contributed by atoms with Crippen LogP contribution in [0.4, 0.5) is 14.7 Å². The molecular weight excluding hydrogens is 398 g/mol. The summed E-state index contributed by atoms with van der Waals surface area (Å²) in [6.07, 6.45) is 1.42. The molecule has 30 heavy (non-hydrogen) atoms. The molecule has 3 aromatic rings. The van der Waals surface area contributed by atoms with Crippen molar-refractivity contribution in [2.45, 2.75) is 20.1 Å². The largest absolute Gasteiger partial charge is 0.493 e. The molecule has 0 bridgehead atoms. The van der Waals surface area contributed by atoms with Gasteiger partial charge in [0.05, 0.1) is 31.3 Å². The van der Waals surface area contributed by atoms with E-state index in [1.807, 2.05) is 6.92 Å². The fourth-order valence-corrected chi connectivity index (χ4v) is 2.89. The molecule has 0 aliphatic rings. The summed E-state index contributed by atoms with van der Waals surface area (Å²) in [6, 6.07) is 9.95. The lowest BCUT2D eigenvalue weighted by atomic mass is 10.2. The molecule has 2 aromatic carbocycles. The number of hydrogen-bond donors (Lipinski definition) is 1. The zero-order valence-electron chi connectivity index (χ0n) is 16.6. The average molecular weight is 418 g/mol. The van der Waals surface area contributed by atoms with Crippen LogP contribution < -0.4 is 25.2 Å². The second kappa shape index (κ2) is 9.21. The van der Waals surface area contributed by atoms with Crippen molar-refractivity contribution in [3.05, 3.63) is 52.3 Å². The van der Waals surface area contributed by atoms with Crippen molar-refractivity contribution in [3.63, 3.8) is 0 Å². The smallest absolute Gasteiger partial charge is 0.387 e. The topological polar surface area (TPSA) is 87.0 Å². The standard InChI is InChI=1S/C20H20F2N4O4/c1-4-26-18(27)13-7-5-6-8-14(13)24-20(26)25-23-11-12-9-15(28-2)17(30-19(21)22)16(10-12)29-3/h5-11,19H,4H2,1-3H3,(H,24,25)/b23-11-. The second-order valence-corrected chi connectivity index (χ2v) is 6.01. The molecule has 0 atom stereocenters. The van der Waals surface area contributed by atoms with Crippen LogP contribution in [0.2, 0.25) is 0 Å². The van der Waals surface area contributed by atoms with Crippen molar-refractivity contribution in [3.8, 4) is 17.2 Å². The number of fused-ring (bicyclic) bond motifs is 1. The van der Waals surface area contributed by atoms with Crippen LogP contribution in [0.1, 0.15) is 12.5 Å². The van der Waals surface area contributed by atoms with E-state index in [0.29, 0.717) is 23.0 Å². The van der Waals surface area contributed by atoms with Crippen molar-refractivity contribution in [1.82, 2.24) is 9.55 Å². The first-order chi connectivity index (χ1) is 14.5. The lowest BCUT2D eigenvalue weighted by molar-refractivity contribution is -0.0526. The van der Waals surface area contributed by atoms with E-state index in [0.717, 1.165) is 0 Å². The van der Waals surface area contributed by atoms with Gasteiger partial charge in [0, 0.05) is 12.1 Å². The highest BCUT2D eigenvalue weighted by Crippen LogP contribution is 2.39. The number of rotatable bonds is 8. The normalized spacial score (nSPS) is 11.3. The molecule has 0 aliphatic carbocycles. The Hall–Kier alpha value is -3.69. The Labute approximate surface area is 170 Å². The Kier molecular flexibility index (Phi) is 6.45. The molecular formula is C20H20F2N4O4. The number of aromatic nitrogens is 2. The number of alkyl halides is 2. The molecule has 158 valence electrons. The van der Waals surface area contributed by atoms with Gasteiger partial charge >= 0.3 is 6.61 Å². The predicted octanol–water partition coefficient (Wildman–Crippen LogP) is 3.48. The van der Waals surface area contributed by atoms with E-state index in [1.54, 1.807) is 24.3 Å². The summed E-state index contributed by atoms with van der Waals surface area (Å²) in [5, 5.41) is 4.62. The summed E-state index contributed by atoms with van der Waals surface area (Å²) in [7, 11) is 2.65. The van der Waals surface area contributed by atoms with Gasteiger partial charge in [0.1, 0.15) is 0 Å². The van der Waals surface area contributed by atoms with Crippen molar-refractivity contribution < 1.29 is 23.0 Å². The first-order valence-corrected chi connectivity index (χ1v) is 8.98. The molecule has 10 heteroatoms. The molecule has 0 saturated carbocycles. The van der Waals surface area contributed by atoms with E-state index < -0.39 is 6.61 Å². The van der Waals surface area contributed by atoms with Crippen molar-refractivity contribution in [2.75, 3.05) is 19.6 Å². The van der Waals surface area contributed by atoms with Gasteiger partial charge in [-0.1, -0.05) is 12.1 Å². The van der Waals surface area contributed by atoms with Gasteiger partial charge < -0.3 is 14.2 Å². The van der Waals surface area contributed by atoms with Gasteiger partial charge in [-0.3, -0.25) is 9.36 Å². The van der Waals surface area contributed by atoms with E-state index in [1.165, 1.54) is 37.1 Å². The van der Waals surface area contributed by atoms with E-state index in [9.17, 15) is 13.6 Å². The fourth-order valence-electron chi connectivity index (χ4n) is 2.89. The van der Waals surface area contributed by atoms with E-state index in [4.69, 9.17) is 9.47 Å². The summed E-state index contributed by atoms with van der Waals surface area (Å²) in [4.78, 5) is 17.1. The van der Waals surface area contributed by atoms with Crippen LogP contribution >= 0.6 is 0 Å². The number of methoxy groups -OCH3 is 2. The minimum Gasteiger partial charge on any atom is -0.493 e. The van der Waals surface area contributed by atoms with Gasteiger partial charge in [-0.15, -0.1) is 0 Å². The highest BCUT2D eigenvalue weighted by molar-refractivity contribution is 5.83. The minimum atomic E-state index is -3.03. The van der Waals surface area contributed by atoms with Crippen LogP contribution in [0.5, 0.6) is 17.2 Å². The number of anilines is 1. The number of hydrazone groups is 1. The minimum absolute atomic E-state index is 0.0606. The zero-order chi connectivity index (χ0) is 21.7. The van der Waals surface area contributed by atoms with Crippen LogP contribution in [0, 0.1) is 0 Å². The SMILES string of the molecule is CCn1c(N/N=C\c2cc(OC)c(OC(F)F)c(OC)c2)nc2ccccc2c1=O. The molecule has 0 radical (unpaired) electrons. The fraction of sp³-hybridized carbons (Fsp3) is 0.250. The number of para-hydroxylation sites is 1. The van der Waals surface area contributed by atoms with Gasteiger partial charge in [0.2, 0.25) is 11.7 Å². The Morgan fingerprint density at radius 3 is 2.47 bits per heavy atom. The molecule has 0 spiro atoms. The number of nitrogens with zero attached hydrogens (tertiary/aromatic N) is 3. The van der Waals surface area contributed by atoms with E-state index in [2.05, 4.69) is 20.2 Å². The monoisotopic (exact) mass is 418 g/mol. The Bertz CT molecular complexity index is 1110. The first-order valence-electron chi connectivity index (χ1n) is 8.98. The van der Waals surface area contributed by atoms with Crippen LogP contribution in [-0.2, 0) is 6.54 Å². The molecule has 8 nitrogen and oxygen atoms in total. The summed E-state index contributed by atoms with van der Waals surface area (Å²) in [6.45, 7) is -0.807. The molecule has 0 saturated heterocycles. The molecule has 3 rings (SSSR count). The predicted molar refractivity (Wildman–Crippen MR) is 109 cm³/mol. The van der Waals surface area contributed by atoms with Crippen LogP contribution in [0.15, 0.2) is 46.3 Å². The van der Waals surface area contributed by atoms with Gasteiger partial charge in [-0.05, 0) is 31.2 Å². The third kappa shape index (κ3) is 4.32. The lowest BCUT2D eigenvalue weighted by Gasteiger charge is -2.14. The van der Waals surface area contributed by atoms with E-state index in [-0.39, 0.29) is 28.8 Å². The average Bonchev–Trinajstić information content (AvgIpc) is 2.74. The molecule has 0 amide bonds. The highest BCUT2D eigenvalue weighted by atomic mass is 19.3. The maximum atomic E-state index is 12.7. The maximum absolute atomic E-state index is 12.7. The van der Waals surface area contributed by atoms with Crippen LogP contribution in [0.3, 0.4) is 0 Å². The van der Waals surface area contributed by atoms with Gasteiger partial charge in [0.15, 0.2) is 11.5 Å². The number of halogens is 2. The first kappa shape index (κ1) is 21.0. The Morgan fingerprint density at radius 2 is 1.87 bits per heavy atom. The molecule has 1 aromatic heterocycles.